The van der Waals surface area contributed by atoms with Gasteiger partial charge in [-0.3, -0.25) is 19.7 Å². The van der Waals surface area contributed by atoms with E-state index in [2.05, 4.69) is 20.4 Å². The lowest BCUT2D eigenvalue weighted by molar-refractivity contribution is -0.123. The van der Waals surface area contributed by atoms with Gasteiger partial charge in [0.05, 0.1) is 17.9 Å². The lowest BCUT2D eigenvalue weighted by Crippen LogP contribution is -2.29. The van der Waals surface area contributed by atoms with Crippen molar-refractivity contribution in [3.8, 4) is 17.0 Å². The standard InChI is InChI=1S/C20H16FN5O3/c21-14-2-1-3-16(8-14)29-12-19(27)23-11-15-9-20(28)26-18(24-15)10-17(25-26)13-4-6-22-7-5-13/h1-10,25H,11-12H2,(H,23,27). The van der Waals surface area contributed by atoms with Crippen molar-refractivity contribution in [2.45, 2.75) is 6.54 Å². The fourth-order valence-corrected chi connectivity index (χ4v) is 2.76. The van der Waals surface area contributed by atoms with E-state index in [-0.39, 0.29) is 24.5 Å². The molecule has 0 fully saturated rings. The van der Waals surface area contributed by atoms with Crippen LogP contribution < -0.4 is 15.6 Å². The van der Waals surface area contributed by atoms with Gasteiger partial charge in [0.15, 0.2) is 12.3 Å². The van der Waals surface area contributed by atoms with Crippen molar-refractivity contribution in [1.29, 1.82) is 0 Å². The predicted octanol–water partition coefficient (Wildman–Crippen LogP) is 1.92. The summed E-state index contributed by atoms with van der Waals surface area (Å²) >= 11 is 0. The maximum atomic E-state index is 13.1. The number of fused-ring (bicyclic) bond motifs is 1. The Morgan fingerprint density at radius 3 is 2.79 bits per heavy atom. The van der Waals surface area contributed by atoms with Crippen LogP contribution in [0.1, 0.15) is 5.69 Å². The molecule has 0 bridgehead atoms. The molecule has 0 aliphatic heterocycles. The van der Waals surface area contributed by atoms with Gasteiger partial charge in [-0.05, 0) is 24.3 Å². The van der Waals surface area contributed by atoms with Crippen molar-refractivity contribution in [1.82, 2.24) is 24.9 Å². The van der Waals surface area contributed by atoms with E-state index in [0.717, 1.165) is 11.3 Å². The Kier molecular flexibility index (Phi) is 5.02. The van der Waals surface area contributed by atoms with Crippen LogP contribution in [0, 0.1) is 5.82 Å². The lowest BCUT2D eigenvalue weighted by atomic mass is 10.2. The van der Waals surface area contributed by atoms with Crippen molar-refractivity contribution >= 4 is 11.6 Å². The van der Waals surface area contributed by atoms with Gasteiger partial charge in [-0.1, -0.05) is 6.07 Å². The number of rotatable bonds is 6. The summed E-state index contributed by atoms with van der Waals surface area (Å²) in [5.74, 6) is -0.602. The summed E-state index contributed by atoms with van der Waals surface area (Å²) in [4.78, 5) is 32.7. The molecular formula is C20H16FN5O3. The number of halogens is 1. The highest BCUT2D eigenvalue weighted by Crippen LogP contribution is 2.17. The average Bonchev–Trinajstić information content (AvgIpc) is 3.16. The smallest absolute Gasteiger partial charge is 0.272 e. The number of aromatic nitrogens is 4. The van der Waals surface area contributed by atoms with Crippen LogP contribution in [0.15, 0.2) is 65.7 Å². The molecule has 0 aliphatic carbocycles. The number of nitrogens with one attached hydrogen (secondary N) is 2. The number of H-pyrrole nitrogens is 1. The molecule has 1 amide bonds. The highest BCUT2D eigenvalue weighted by Gasteiger charge is 2.09. The number of benzene rings is 1. The molecule has 0 atom stereocenters. The van der Waals surface area contributed by atoms with E-state index >= 15 is 0 Å². The van der Waals surface area contributed by atoms with Crippen LogP contribution in [0.4, 0.5) is 4.39 Å². The summed E-state index contributed by atoms with van der Waals surface area (Å²) in [5.41, 5.74) is 2.14. The molecular weight excluding hydrogens is 377 g/mol. The number of hydrogen-bond donors (Lipinski definition) is 2. The molecule has 4 aromatic rings. The topological polar surface area (TPSA) is 101 Å². The first-order valence-electron chi connectivity index (χ1n) is 8.76. The summed E-state index contributed by atoms with van der Waals surface area (Å²) < 4.78 is 19.7. The van der Waals surface area contributed by atoms with Gasteiger partial charge in [-0.2, -0.15) is 0 Å². The Morgan fingerprint density at radius 1 is 1.17 bits per heavy atom. The molecule has 4 rings (SSSR count). The molecule has 8 nitrogen and oxygen atoms in total. The fraction of sp³-hybridized carbons (Fsp3) is 0.100. The van der Waals surface area contributed by atoms with E-state index in [1.54, 1.807) is 24.5 Å². The molecule has 9 heteroatoms. The fourth-order valence-electron chi connectivity index (χ4n) is 2.76. The zero-order valence-electron chi connectivity index (χ0n) is 15.1. The number of pyridine rings is 1. The van der Waals surface area contributed by atoms with Crippen LogP contribution in [0.2, 0.25) is 0 Å². The Morgan fingerprint density at radius 2 is 2.00 bits per heavy atom. The maximum absolute atomic E-state index is 13.1. The van der Waals surface area contributed by atoms with Crippen molar-refractivity contribution in [2.24, 2.45) is 0 Å². The molecule has 0 aliphatic rings. The number of carbonyl (C=O) groups excluding carboxylic acids is 1. The first-order chi connectivity index (χ1) is 14.1. The molecule has 0 unspecified atom stereocenters. The summed E-state index contributed by atoms with van der Waals surface area (Å²) in [6.07, 6.45) is 3.31. The third-order valence-electron chi connectivity index (χ3n) is 4.13. The van der Waals surface area contributed by atoms with Gasteiger partial charge in [0.25, 0.3) is 11.5 Å². The van der Waals surface area contributed by atoms with Gasteiger partial charge in [-0.25, -0.2) is 13.9 Å². The molecule has 3 aromatic heterocycles. The molecule has 0 saturated heterocycles. The normalized spacial score (nSPS) is 10.8. The van der Waals surface area contributed by atoms with Gasteiger partial charge >= 0.3 is 0 Å². The van der Waals surface area contributed by atoms with Crippen LogP contribution in [0.25, 0.3) is 16.9 Å². The third kappa shape index (κ3) is 4.29. The number of ether oxygens (including phenoxy) is 1. The Labute approximate surface area is 164 Å². The monoisotopic (exact) mass is 393 g/mol. The molecule has 0 spiro atoms. The summed E-state index contributed by atoms with van der Waals surface area (Å²) in [7, 11) is 0. The Bertz CT molecular complexity index is 1220. The molecule has 2 N–H and O–H groups in total. The maximum Gasteiger partial charge on any atom is 0.272 e. The van der Waals surface area contributed by atoms with Crippen molar-refractivity contribution in [3.63, 3.8) is 0 Å². The number of nitrogens with zero attached hydrogens (tertiary/aromatic N) is 3. The van der Waals surface area contributed by atoms with Crippen LogP contribution >= 0.6 is 0 Å². The zero-order chi connectivity index (χ0) is 20.2. The third-order valence-corrected chi connectivity index (χ3v) is 4.13. The van der Waals surface area contributed by atoms with Crippen molar-refractivity contribution in [2.75, 3.05) is 6.61 Å². The zero-order valence-corrected chi connectivity index (χ0v) is 15.1. The summed E-state index contributed by atoms with van der Waals surface area (Å²) in [5, 5.41) is 5.62. The molecule has 0 radical (unpaired) electrons. The van der Waals surface area contributed by atoms with Gasteiger partial charge < -0.3 is 10.1 Å². The molecule has 0 saturated carbocycles. The highest BCUT2D eigenvalue weighted by atomic mass is 19.1. The largest absolute Gasteiger partial charge is 0.484 e. The molecule has 3 heterocycles. The van der Waals surface area contributed by atoms with Crippen molar-refractivity contribution in [3.05, 3.63) is 82.8 Å². The van der Waals surface area contributed by atoms with Crippen molar-refractivity contribution < 1.29 is 13.9 Å². The first kappa shape index (κ1) is 18.4. The second-order valence-corrected chi connectivity index (χ2v) is 6.21. The van der Waals surface area contributed by atoms with Crippen LogP contribution in [-0.2, 0) is 11.3 Å². The number of aromatic amines is 1. The summed E-state index contributed by atoms with van der Waals surface area (Å²) in [6, 6.07) is 12.2. The van der Waals surface area contributed by atoms with E-state index in [0.29, 0.717) is 11.3 Å². The summed E-state index contributed by atoms with van der Waals surface area (Å²) in [6.45, 7) is -0.214. The SMILES string of the molecule is O=C(COc1cccc(F)c1)NCc1cc(=O)n2[nH]c(-c3ccncc3)cc2n1. The highest BCUT2D eigenvalue weighted by molar-refractivity contribution is 5.77. The van der Waals surface area contributed by atoms with Crippen LogP contribution in [0.3, 0.4) is 0 Å². The van der Waals surface area contributed by atoms with Gasteiger partial charge in [0.1, 0.15) is 11.6 Å². The van der Waals surface area contributed by atoms with E-state index < -0.39 is 11.7 Å². The quantitative estimate of drug-likeness (QED) is 0.521. The number of hydrogen-bond acceptors (Lipinski definition) is 5. The predicted molar refractivity (Wildman–Crippen MR) is 103 cm³/mol. The second-order valence-electron chi connectivity index (χ2n) is 6.21. The van der Waals surface area contributed by atoms with Gasteiger partial charge in [-0.15, -0.1) is 0 Å². The van der Waals surface area contributed by atoms with Crippen LogP contribution in [-0.4, -0.2) is 32.1 Å². The number of amides is 1. The van der Waals surface area contributed by atoms with E-state index in [9.17, 15) is 14.0 Å². The average molecular weight is 393 g/mol. The Hall–Kier alpha value is -4.01. The Balaban J connectivity index is 1.43. The molecule has 29 heavy (non-hydrogen) atoms. The van der Waals surface area contributed by atoms with Crippen LogP contribution in [0.5, 0.6) is 5.75 Å². The lowest BCUT2D eigenvalue weighted by Gasteiger charge is -2.07. The number of carbonyl (C=O) groups is 1. The van der Waals surface area contributed by atoms with Gasteiger partial charge in [0, 0.05) is 36.2 Å². The molecule has 146 valence electrons. The van der Waals surface area contributed by atoms with E-state index in [1.165, 1.54) is 28.8 Å². The first-order valence-corrected chi connectivity index (χ1v) is 8.76. The molecule has 1 aromatic carbocycles. The van der Waals surface area contributed by atoms with E-state index in [4.69, 9.17) is 4.74 Å². The minimum Gasteiger partial charge on any atom is -0.484 e. The van der Waals surface area contributed by atoms with E-state index in [1.807, 2.05) is 12.1 Å². The second kappa shape index (κ2) is 7.93. The minimum absolute atomic E-state index is 0.0624. The van der Waals surface area contributed by atoms with Gasteiger partial charge in [0.2, 0.25) is 0 Å². The minimum atomic E-state index is -0.446.